The van der Waals surface area contributed by atoms with E-state index >= 15 is 4.39 Å². The van der Waals surface area contributed by atoms with E-state index in [2.05, 4.69) is 30.6 Å². The molecule has 1 fully saturated rings. The molecule has 4 aromatic rings. The summed E-state index contributed by atoms with van der Waals surface area (Å²) >= 11 is 1.06. The molecule has 2 N–H and O–H groups in total. The van der Waals surface area contributed by atoms with Crippen LogP contribution in [0, 0.1) is 11.6 Å². The molecule has 1 aromatic carbocycles. The van der Waals surface area contributed by atoms with Crippen molar-refractivity contribution in [2.75, 3.05) is 44.7 Å². The number of fused-ring (bicyclic) bond motifs is 1. The molecule has 5 rings (SSSR count). The molecule has 13 heteroatoms. The van der Waals surface area contributed by atoms with Crippen LogP contribution in [0.2, 0.25) is 0 Å². The Hall–Kier alpha value is -3.19. The number of ether oxygens (including phenoxy) is 1. The SMILES string of the molecule is CCNC(=O)Nc1nc2c(F)c(-c3cnn(CCN4CCOCC4)c3)cc(-c3ncccc3F)c2s1.Cl. The maximum atomic E-state index is 15.8. The minimum absolute atomic E-state index is 0. The second kappa shape index (κ2) is 11.9. The van der Waals surface area contributed by atoms with Crippen LogP contribution in [-0.2, 0) is 11.3 Å². The van der Waals surface area contributed by atoms with Crippen LogP contribution in [0.4, 0.5) is 18.7 Å². The van der Waals surface area contributed by atoms with Crippen LogP contribution < -0.4 is 10.6 Å². The molecule has 2 amide bonds. The van der Waals surface area contributed by atoms with E-state index in [0.717, 1.165) is 31.0 Å². The first-order valence-electron chi connectivity index (χ1n) is 11.6. The highest BCUT2D eigenvalue weighted by molar-refractivity contribution is 7.22. The number of carbonyl (C=O) groups excluding carboxylic acids is 1. The maximum Gasteiger partial charge on any atom is 0.321 e. The van der Waals surface area contributed by atoms with Gasteiger partial charge in [0.05, 0.1) is 30.7 Å². The van der Waals surface area contributed by atoms with Crippen molar-refractivity contribution in [3.63, 3.8) is 0 Å². The predicted molar refractivity (Wildman–Crippen MR) is 141 cm³/mol. The van der Waals surface area contributed by atoms with Gasteiger partial charge in [0.1, 0.15) is 17.0 Å². The molecule has 4 heterocycles. The van der Waals surface area contributed by atoms with Gasteiger partial charge in [-0.1, -0.05) is 11.3 Å². The Morgan fingerprint density at radius 1 is 1.22 bits per heavy atom. The number of halogens is 3. The minimum Gasteiger partial charge on any atom is -0.379 e. The van der Waals surface area contributed by atoms with E-state index in [0.29, 0.717) is 42.1 Å². The number of hydrogen-bond acceptors (Lipinski definition) is 7. The Morgan fingerprint density at radius 3 is 2.78 bits per heavy atom. The lowest BCUT2D eigenvalue weighted by atomic mass is 10.0. The van der Waals surface area contributed by atoms with Gasteiger partial charge in [-0.2, -0.15) is 5.10 Å². The zero-order chi connectivity index (χ0) is 25.1. The Balaban J connectivity index is 0.00000320. The summed E-state index contributed by atoms with van der Waals surface area (Å²) in [6.07, 6.45) is 4.83. The number of hydrogen-bond donors (Lipinski definition) is 2. The highest BCUT2D eigenvalue weighted by Gasteiger charge is 2.23. The molecule has 0 aliphatic carbocycles. The highest BCUT2D eigenvalue weighted by atomic mass is 35.5. The summed E-state index contributed by atoms with van der Waals surface area (Å²) in [5.74, 6) is -1.11. The number of aromatic nitrogens is 4. The van der Waals surface area contributed by atoms with E-state index in [1.54, 1.807) is 30.1 Å². The Labute approximate surface area is 222 Å². The summed E-state index contributed by atoms with van der Waals surface area (Å²) in [4.78, 5) is 22.8. The van der Waals surface area contributed by atoms with E-state index in [1.165, 1.54) is 18.3 Å². The van der Waals surface area contributed by atoms with Crippen LogP contribution in [0.25, 0.3) is 32.6 Å². The average molecular weight is 550 g/mol. The number of pyridine rings is 1. The number of benzene rings is 1. The van der Waals surface area contributed by atoms with Crippen molar-refractivity contribution in [1.29, 1.82) is 0 Å². The van der Waals surface area contributed by atoms with E-state index in [1.807, 2.05) is 0 Å². The van der Waals surface area contributed by atoms with Crippen LogP contribution in [-0.4, -0.2) is 70.1 Å². The van der Waals surface area contributed by atoms with Gasteiger partial charge < -0.3 is 10.1 Å². The standard InChI is InChI=1S/C24H25F2N7O2S.ClH/c1-2-27-23(34)31-24-30-21-19(26)16(12-17(22(21)36-24)20-18(25)4-3-5-28-20)15-13-29-33(14-15)7-6-32-8-10-35-11-9-32;/h3-5,12-14H,2,6-11H2,1H3,(H2,27,30,31,34);1H. The van der Waals surface area contributed by atoms with E-state index < -0.39 is 17.7 Å². The van der Waals surface area contributed by atoms with Crippen LogP contribution in [0.15, 0.2) is 36.8 Å². The average Bonchev–Trinajstić information content (AvgIpc) is 3.52. The fraction of sp³-hybridized carbons (Fsp3) is 0.333. The van der Waals surface area contributed by atoms with Gasteiger partial charge in [-0.05, 0) is 25.1 Å². The first-order chi connectivity index (χ1) is 17.5. The molecule has 0 unspecified atom stereocenters. The van der Waals surface area contributed by atoms with Crippen molar-refractivity contribution in [2.45, 2.75) is 13.5 Å². The Kier molecular flexibility index (Phi) is 8.64. The zero-order valence-electron chi connectivity index (χ0n) is 20.0. The lowest BCUT2D eigenvalue weighted by molar-refractivity contribution is 0.0360. The number of thiazole rings is 1. The summed E-state index contributed by atoms with van der Waals surface area (Å²) in [5, 5.41) is 9.83. The van der Waals surface area contributed by atoms with Gasteiger partial charge in [0.15, 0.2) is 10.9 Å². The summed E-state index contributed by atoms with van der Waals surface area (Å²) in [6.45, 7) is 6.83. The second-order valence-electron chi connectivity index (χ2n) is 8.25. The quantitative estimate of drug-likeness (QED) is 0.355. The molecule has 3 aromatic heterocycles. The lowest BCUT2D eigenvalue weighted by Crippen LogP contribution is -2.38. The minimum atomic E-state index is -0.571. The lowest BCUT2D eigenvalue weighted by Gasteiger charge is -2.26. The van der Waals surface area contributed by atoms with Gasteiger partial charge in [-0.15, -0.1) is 12.4 Å². The molecular weight excluding hydrogens is 524 g/mol. The fourth-order valence-corrected chi connectivity index (χ4v) is 5.04. The van der Waals surface area contributed by atoms with Gasteiger partial charge in [-0.25, -0.2) is 18.6 Å². The summed E-state index contributed by atoms with van der Waals surface area (Å²) in [7, 11) is 0. The van der Waals surface area contributed by atoms with Crippen molar-refractivity contribution in [2.24, 2.45) is 0 Å². The smallest absolute Gasteiger partial charge is 0.321 e. The summed E-state index contributed by atoms with van der Waals surface area (Å²) in [6, 6.07) is 3.91. The van der Waals surface area contributed by atoms with Crippen LogP contribution in [0.1, 0.15) is 6.92 Å². The Morgan fingerprint density at radius 2 is 2.03 bits per heavy atom. The van der Waals surface area contributed by atoms with Gasteiger partial charge in [0.25, 0.3) is 0 Å². The molecule has 196 valence electrons. The molecule has 0 radical (unpaired) electrons. The summed E-state index contributed by atoms with van der Waals surface area (Å²) in [5.41, 5.74) is 1.28. The van der Waals surface area contributed by atoms with Gasteiger partial charge >= 0.3 is 6.03 Å². The molecule has 1 saturated heterocycles. The number of nitrogens with one attached hydrogen (secondary N) is 2. The third-order valence-electron chi connectivity index (χ3n) is 5.87. The fourth-order valence-electron chi connectivity index (χ4n) is 4.07. The number of rotatable bonds is 7. The van der Waals surface area contributed by atoms with Crippen molar-refractivity contribution < 1.29 is 18.3 Å². The van der Waals surface area contributed by atoms with E-state index in [4.69, 9.17) is 4.74 Å². The van der Waals surface area contributed by atoms with Gasteiger partial charge in [0.2, 0.25) is 0 Å². The molecule has 0 spiro atoms. The van der Waals surface area contributed by atoms with Gasteiger partial charge in [-0.3, -0.25) is 19.9 Å². The van der Waals surface area contributed by atoms with Crippen LogP contribution in [0.3, 0.4) is 0 Å². The molecule has 37 heavy (non-hydrogen) atoms. The molecular formula is C24H26ClF2N7O2S. The maximum absolute atomic E-state index is 15.8. The first kappa shape index (κ1) is 26.9. The normalized spacial score (nSPS) is 13.9. The number of morpholine rings is 1. The number of anilines is 1. The molecule has 0 bridgehead atoms. The third kappa shape index (κ3) is 5.87. The highest BCUT2D eigenvalue weighted by Crippen LogP contribution is 2.41. The van der Waals surface area contributed by atoms with E-state index in [-0.39, 0.29) is 34.3 Å². The van der Waals surface area contributed by atoms with Crippen molar-refractivity contribution in [1.82, 2.24) is 30.0 Å². The zero-order valence-corrected chi connectivity index (χ0v) is 21.7. The van der Waals surface area contributed by atoms with Crippen molar-refractivity contribution >= 4 is 45.1 Å². The Bertz CT molecular complexity index is 1390. The number of amides is 2. The van der Waals surface area contributed by atoms with E-state index in [9.17, 15) is 9.18 Å². The largest absolute Gasteiger partial charge is 0.379 e. The molecule has 0 atom stereocenters. The second-order valence-corrected chi connectivity index (χ2v) is 9.25. The molecule has 1 aliphatic rings. The first-order valence-corrected chi connectivity index (χ1v) is 12.5. The topological polar surface area (TPSA) is 97.2 Å². The number of nitrogens with zero attached hydrogens (tertiary/aromatic N) is 5. The monoisotopic (exact) mass is 549 g/mol. The van der Waals surface area contributed by atoms with Gasteiger partial charge in [0, 0.05) is 55.3 Å². The number of urea groups is 1. The van der Waals surface area contributed by atoms with Crippen molar-refractivity contribution in [3.8, 4) is 22.4 Å². The predicted octanol–water partition coefficient (Wildman–Crippen LogP) is 4.40. The van der Waals surface area contributed by atoms with Crippen LogP contribution >= 0.6 is 23.7 Å². The molecule has 9 nitrogen and oxygen atoms in total. The van der Waals surface area contributed by atoms with Crippen molar-refractivity contribution in [3.05, 3.63) is 48.4 Å². The molecule has 0 saturated carbocycles. The summed E-state index contributed by atoms with van der Waals surface area (Å²) < 4.78 is 38.1. The third-order valence-corrected chi connectivity index (χ3v) is 6.87. The molecule has 1 aliphatic heterocycles. The van der Waals surface area contributed by atoms with Crippen LogP contribution in [0.5, 0.6) is 0 Å². The number of carbonyl (C=O) groups is 1.